The number of anilines is 2. The number of nitrogens with zero attached hydrogens (tertiary/aromatic N) is 1. The van der Waals surface area contributed by atoms with Gasteiger partial charge in [-0.3, -0.25) is 19.2 Å². The Bertz CT molecular complexity index is 1820. The van der Waals surface area contributed by atoms with Crippen molar-refractivity contribution in [2.45, 2.75) is 29.3 Å². The summed E-state index contributed by atoms with van der Waals surface area (Å²) in [6.45, 7) is 1.57. The van der Waals surface area contributed by atoms with E-state index in [1.807, 2.05) is 19.1 Å². The molecule has 0 bridgehead atoms. The Kier molecular flexibility index (Phi) is 7.38. The molecule has 1 aromatic heterocycles. The first kappa shape index (κ1) is 28.7. The second kappa shape index (κ2) is 11.0. The summed E-state index contributed by atoms with van der Waals surface area (Å²) in [6.07, 6.45) is -4.66. The van der Waals surface area contributed by atoms with E-state index < -0.39 is 40.6 Å². The van der Waals surface area contributed by atoms with Crippen LogP contribution < -0.4 is 19.8 Å². The summed E-state index contributed by atoms with van der Waals surface area (Å²) in [4.78, 5) is 56.0. The van der Waals surface area contributed by atoms with Crippen LogP contribution in [0.25, 0.3) is 0 Å². The molecule has 3 heterocycles. The van der Waals surface area contributed by atoms with Gasteiger partial charge in [-0.1, -0.05) is 59.5 Å². The van der Waals surface area contributed by atoms with Gasteiger partial charge in [-0.15, -0.1) is 0 Å². The number of aromatic nitrogens is 1. The molecular weight excluding hydrogens is 603 g/mol. The maximum absolute atomic E-state index is 13.9. The number of amides is 3. The van der Waals surface area contributed by atoms with Crippen LogP contribution in [-0.4, -0.2) is 34.6 Å². The summed E-state index contributed by atoms with van der Waals surface area (Å²) in [7, 11) is 0. The number of carbonyl (C=O) groups excluding carboxylic acids is 3. The average molecular weight is 626 g/mol. The number of carbonyl (C=O) groups is 3. The molecule has 0 saturated carbocycles. The van der Waals surface area contributed by atoms with Gasteiger partial charge in [-0.05, 0) is 54.4 Å². The summed E-state index contributed by atoms with van der Waals surface area (Å²) in [5.74, 6) is -3.15. The van der Waals surface area contributed by atoms with Gasteiger partial charge in [0, 0.05) is 16.5 Å². The van der Waals surface area contributed by atoms with Crippen LogP contribution in [0.15, 0.2) is 82.6 Å². The number of imide groups is 1. The maximum atomic E-state index is 13.9. The molecule has 43 heavy (non-hydrogen) atoms. The molecule has 2 aliphatic heterocycles. The van der Waals surface area contributed by atoms with Crippen LogP contribution in [0.5, 0.6) is 5.75 Å². The number of aromatic amines is 1. The van der Waals surface area contributed by atoms with Crippen molar-refractivity contribution < 1.29 is 32.3 Å². The van der Waals surface area contributed by atoms with Crippen molar-refractivity contribution in [2.24, 2.45) is 5.92 Å². The van der Waals surface area contributed by atoms with Gasteiger partial charge in [0.1, 0.15) is 11.0 Å². The molecule has 2 N–H and O–H groups in total. The number of rotatable bonds is 6. The van der Waals surface area contributed by atoms with E-state index in [-0.39, 0.29) is 23.1 Å². The van der Waals surface area contributed by atoms with Crippen molar-refractivity contribution in [1.29, 1.82) is 0 Å². The van der Waals surface area contributed by atoms with Crippen LogP contribution in [0.2, 0.25) is 0 Å². The van der Waals surface area contributed by atoms with Gasteiger partial charge >= 0.3 is 11.0 Å². The third-order valence-electron chi connectivity index (χ3n) is 7.26. The first-order valence-electron chi connectivity index (χ1n) is 13.0. The molecule has 3 amide bonds. The van der Waals surface area contributed by atoms with E-state index in [1.165, 1.54) is 6.07 Å². The molecule has 0 aliphatic carbocycles. The van der Waals surface area contributed by atoms with Crippen molar-refractivity contribution in [3.05, 3.63) is 104 Å². The normalized spacial score (nSPS) is 19.6. The smallest absolute Gasteiger partial charge is 0.416 e. The summed E-state index contributed by atoms with van der Waals surface area (Å²) in [6, 6.07) is 18.0. The molecule has 0 radical (unpaired) electrons. The van der Waals surface area contributed by atoms with Gasteiger partial charge in [0.25, 0.3) is 5.91 Å². The summed E-state index contributed by atoms with van der Waals surface area (Å²) in [5.41, 5.74) is 0.936. The minimum absolute atomic E-state index is 0.174. The highest BCUT2D eigenvalue weighted by Gasteiger charge is 2.56. The van der Waals surface area contributed by atoms with Crippen LogP contribution in [-0.2, 0) is 20.6 Å². The molecule has 6 rings (SSSR count). The summed E-state index contributed by atoms with van der Waals surface area (Å²) >= 11 is 1.93. The average Bonchev–Trinajstić information content (AvgIpc) is 3.47. The summed E-state index contributed by atoms with van der Waals surface area (Å²) in [5, 5.41) is 2.24. The third kappa shape index (κ3) is 5.45. The van der Waals surface area contributed by atoms with Crippen LogP contribution in [0.1, 0.15) is 27.5 Å². The predicted octanol–water partition coefficient (Wildman–Crippen LogP) is 5.58. The minimum atomic E-state index is -4.66. The van der Waals surface area contributed by atoms with Gasteiger partial charge < -0.3 is 15.0 Å². The second-order valence-electron chi connectivity index (χ2n) is 10.0. The van der Waals surface area contributed by atoms with Gasteiger partial charge in [-0.25, -0.2) is 4.90 Å². The Morgan fingerprint density at radius 1 is 1.00 bits per heavy atom. The van der Waals surface area contributed by atoms with Gasteiger partial charge in [0.05, 0.1) is 22.2 Å². The molecule has 220 valence electrons. The molecule has 3 unspecified atom stereocenters. The van der Waals surface area contributed by atoms with E-state index in [1.54, 1.807) is 36.4 Å². The first-order valence-corrected chi connectivity index (χ1v) is 14.7. The fourth-order valence-corrected chi connectivity index (χ4v) is 7.81. The molecule has 3 atom stereocenters. The molecule has 8 nitrogen and oxygen atoms in total. The standard InChI is InChI=1S/C30H22F3N3O5S2/c1-15-6-2-3-11-20(15)34-21(37)14-41-19-10-4-7-16(12-19)22-23-25(42-26-24(22)43-29(40)35-26)28(39)36(27(23)38)18-9-5-8-17(13-18)30(31,32)33/h2-13,22-23,25H,14H2,1H3,(H,34,37)(H,35,40). The Balaban J connectivity index is 1.30. The summed E-state index contributed by atoms with van der Waals surface area (Å²) < 4.78 is 46.0. The number of thioether (sulfide) groups is 1. The number of ether oxygens (including phenoxy) is 1. The third-order valence-corrected chi connectivity index (χ3v) is 9.66. The Hall–Kier alpha value is -4.36. The van der Waals surface area contributed by atoms with Crippen LogP contribution in [0, 0.1) is 12.8 Å². The Labute approximate surface area is 250 Å². The zero-order valence-corrected chi connectivity index (χ0v) is 23.9. The SMILES string of the molecule is Cc1ccccc1NC(=O)COc1cccc(C2c3sc(=O)[nH]c3SC3C(=O)N(c4cccc(C(F)(F)F)c4)C(=O)C32)c1. The van der Waals surface area contributed by atoms with Gasteiger partial charge in [0.2, 0.25) is 11.8 Å². The monoisotopic (exact) mass is 625 g/mol. The molecule has 1 fully saturated rings. The number of benzene rings is 3. The zero-order valence-electron chi connectivity index (χ0n) is 22.3. The van der Waals surface area contributed by atoms with Crippen molar-refractivity contribution >= 4 is 52.2 Å². The lowest BCUT2D eigenvalue weighted by atomic mass is 9.83. The molecule has 0 spiro atoms. The fraction of sp³-hybridized carbons (Fsp3) is 0.200. The van der Waals surface area contributed by atoms with Crippen molar-refractivity contribution in [3.63, 3.8) is 0 Å². The van der Waals surface area contributed by atoms with E-state index in [0.717, 1.165) is 51.8 Å². The lowest BCUT2D eigenvalue weighted by molar-refractivity contribution is -0.137. The number of nitrogens with one attached hydrogen (secondary N) is 2. The fourth-order valence-electron chi connectivity index (χ4n) is 5.30. The number of hydrogen-bond acceptors (Lipinski definition) is 7. The Morgan fingerprint density at radius 2 is 1.77 bits per heavy atom. The highest BCUT2D eigenvalue weighted by molar-refractivity contribution is 8.00. The topological polar surface area (TPSA) is 109 Å². The molecule has 1 saturated heterocycles. The van der Waals surface area contributed by atoms with E-state index in [0.29, 0.717) is 26.9 Å². The van der Waals surface area contributed by atoms with E-state index in [9.17, 15) is 32.3 Å². The number of alkyl halides is 3. The van der Waals surface area contributed by atoms with Gasteiger partial charge in [0.15, 0.2) is 6.61 Å². The quantitative estimate of drug-likeness (QED) is 0.271. The van der Waals surface area contributed by atoms with Crippen LogP contribution in [0.4, 0.5) is 24.5 Å². The zero-order chi connectivity index (χ0) is 30.5. The maximum Gasteiger partial charge on any atom is 0.416 e. The Morgan fingerprint density at radius 3 is 2.53 bits per heavy atom. The number of para-hydroxylation sites is 1. The number of aryl methyl sites for hydroxylation is 1. The molecule has 13 heteroatoms. The van der Waals surface area contributed by atoms with Crippen molar-refractivity contribution in [1.82, 2.24) is 4.98 Å². The predicted molar refractivity (Wildman–Crippen MR) is 156 cm³/mol. The molecule has 4 aromatic rings. The number of thiazole rings is 1. The number of fused-ring (bicyclic) bond motifs is 2. The highest BCUT2D eigenvalue weighted by atomic mass is 32.2. The molecular formula is C30H22F3N3O5S2. The van der Waals surface area contributed by atoms with E-state index >= 15 is 0 Å². The number of hydrogen-bond donors (Lipinski definition) is 2. The van der Waals surface area contributed by atoms with Crippen LogP contribution in [0.3, 0.4) is 0 Å². The number of H-pyrrole nitrogens is 1. The second-order valence-corrected chi connectivity index (χ2v) is 12.2. The lowest BCUT2D eigenvalue weighted by Crippen LogP contribution is -2.32. The van der Waals surface area contributed by atoms with Gasteiger partial charge in [-0.2, -0.15) is 13.2 Å². The lowest BCUT2D eigenvalue weighted by Gasteiger charge is -2.30. The minimum Gasteiger partial charge on any atom is -0.484 e. The molecule has 2 aliphatic rings. The first-order chi connectivity index (χ1) is 20.5. The molecule has 3 aromatic carbocycles. The highest BCUT2D eigenvalue weighted by Crippen LogP contribution is 2.53. The van der Waals surface area contributed by atoms with Crippen molar-refractivity contribution in [3.8, 4) is 5.75 Å². The largest absolute Gasteiger partial charge is 0.484 e. The van der Waals surface area contributed by atoms with E-state index in [2.05, 4.69) is 10.3 Å². The number of halogens is 3. The van der Waals surface area contributed by atoms with Crippen molar-refractivity contribution in [2.75, 3.05) is 16.8 Å². The van der Waals surface area contributed by atoms with Crippen LogP contribution >= 0.6 is 23.1 Å². The van der Waals surface area contributed by atoms with E-state index in [4.69, 9.17) is 4.74 Å².